The molecule has 4 aromatic rings. The second-order valence-corrected chi connectivity index (χ2v) is 7.82. The first-order chi connectivity index (χ1) is 15.7. The predicted octanol–water partition coefficient (Wildman–Crippen LogP) is 4.68. The number of hydrogen-bond donors (Lipinski definition) is 2. The van der Waals surface area contributed by atoms with Crippen molar-refractivity contribution in [3.63, 3.8) is 0 Å². The molecule has 1 aliphatic carbocycles. The third kappa shape index (κ3) is 4.30. The minimum Gasteiger partial charge on any atom is -0.349 e. The van der Waals surface area contributed by atoms with E-state index in [-0.39, 0.29) is 11.8 Å². The molecular formula is C26H22N4O2. The van der Waals surface area contributed by atoms with Crippen LogP contribution < -0.4 is 10.6 Å². The van der Waals surface area contributed by atoms with Gasteiger partial charge in [0.05, 0.1) is 11.3 Å². The number of para-hydroxylation sites is 1. The first-order valence-corrected chi connectivity index (χ1v) is 10.6. The third-order valence-corrected chi connectivity index (χ3v) is 5.34. The highest BCUT2D eigenvalue weighted by Gasteiger charge is 2.24. The Balaban J connectivity index is 1.41. The molecule has 0 saturated heterocycles. The summed E-state index contributed by atoms with van der Waals surface area (Å²) in [6.45, 7) is 0. The van der Waals surface area contributed by atoms with Crippen LogP contribution in [0.5, 0.6) is 0 Å². The molecule has 0 unspecified atom stereocenters. The summed E-state index contributed by atoms with van der Waals surface area (Å²) in [6, 6.07) is 26.5. The van der Waals surface area contributed by atoms with E-state index in [1.807, 2.05) is 60.7 Å². The van der Waals surface area contributed by atoms with Gasteiger partial charge < -0.3 is 10.6 Å². The molecule has 32 heavy (non-hydrogen) atoms. The van der Waals surface area contributed by atoms with E-state index in [0.717, 1.165) is 24.1 Å². The monoisotopic (exact) mass is 422 g/mol. The fourth-order valence-electron chi connectivity index (χ4n) is 3.46. The Kier molecular flexibility index (Phi) is 5.25. The van der Waals surface area contributed by atoms with Crippen molar-refractivity contribution in [2.75, 3.05) is 5.32 Å². The minimum atomic E-state index is -0.263. The normalized spacial score (nSPS) is 12.9. The molecule has 1 fully saturated rings. The zero-order valence-electron chi connectivity index (χ0n) is 17.4. The number of amides is 2. The maximum atomic E-state index is 13.2. The van der Waals surface area contributed by atoms with Gasteiger partial charge in [-0.3, -0.25) is 9.59 Å². The summed E-state index contributed by atoms with van der Waals surface area (Å²) in [5.74, 6) is -0.345. The van der Waals surface area contributed by atoms with Crippen LogP contribution in [0.15, 0.2) is 91.1 Å². The van der Waals surface area contributed by atoms with Crippen molar-refractivity contribution in [3.8, 4) is 16.9 Å². The Labute approximate surface area is 185 Å². The van der Waals surface area contributed by atoms with Gasteiger partial charge in [0.2, 0.25) is 0 Å². The first-order valence-electron chi connectivity index (χ1n) is 10.6. The predicted molar refractivity (Wildman–Crippen MR) is 124 cm³/mol. The van der Waals surface area contributed by atoms with Crippen LogP contribution in [0.1, 0.15) is 33.6 Å². The molecule has 158 valence electrons. The smallest absolute Gasteiger partial charge is 0.259 e. The minimum absolute atomic E-state index is 0.0825. The van der Waals surface area contributed by atoms with E-state index in [4.69, 9.17) is 0 Å². The summed E-state index contributed by atoms with van der Waals surface area (Å²) in [5, 5.41) is 10.6. The largest absolute Gasteiger partial charge is 0.349 e. The number of hydrogen-bond acceptors (Lipinski definition) is 3. The van der Waals surface area contributed by atoms with Gasteiger partial charge in [0.25, 0.3) is 11.8 Å². The average molecular weight is 422 g/mol. The van der Waals surface area contributed by atoms with Gasteiger partial charge in [0.15, 0.2) is 0 Å². The second kappa shape index (κ2) is 8.51. The van der Waals surface area contributed by atoms with Gasteiger partial charge in [0.1, 0.15) is 5.69 Å². The van der Waals surface area contributed by atoms with E-state index in [2.05, 4.69) is 15.7 Å². The fraction of sp³-hybridized carbons (Fsp3) is 0.115. The van der Waals surface area contributed by atoms with Crippen molar-refractivity contribution in [1.29, 1.82) is 0 Å². The van der Waals surface area contributed by atoms with Gasteiger partial charge in [0, 0.05) is 29.1 Å². The van der Waals surface area contributed by atoms with Crippen molar-refractivity contribution in [2.24, 2.45) is 0 Å². The number of rotatable bonds is 6. The van der Waals surface area contributed by atoms with Gasteiger partial charge in [-0.1, -0.05) is 48.5 Å². The molecule has 2 amide bonds. The van der Waals surface area contributed by atoms with Crippen LogP contribution in [0, 0.1) is 0 Å². The van der Waals surface area contributed by atoms with E-state index in [1.165, 1.54) is 0 Å². The number of benzene rings is 3. The Morgan fingerprint density at radius 3 is 2.12 bits per heavy atom. The Morgan fingerprint density at radius 1 is 0.812 bits per heavy atom. The van der Waals surface area contributed by atoms with E-state index in [0.29, 0.717) is 28.6 Å². The lowest BCUT2D eigenvalue weighted by molar-refractivity contribution is 0.0950. The highest BCUT2D eigenvalue weighted by molar-refractivity contribution is 6.08. The summed E-state index contributed by atoms with van der Waals surface area (Å²) < 4.78 is 1.71. The maximum Gasteiger partial charge on any atom is 0.259 e. The zero-order valence-corrected chi connectivity index (χ0v) is 17.4. The third-order valence-electron chi connectivity index (χ3n) is 5.34. The highest BCUT2D eigenvalue weighted by Crippen LogP contribution is 2.25. The molecule has 1 heterocycles. The molecule has 1 aliphatic rings. The molecular weight excluding hydrogens is 400 g/mol. The highest BCUT2D eigenvalue weighted by atomic mass is 16.2. The molecule has 5 rings (SSSR count). The standard InChI is InChI=1S/C26H22N4O2/c31-25(27-21-15-16-21)19-11-13-20(14-12-19)28-26(32)23-17-30(22-9-5-2-6-10-22)29-24(23)18-7-3-1-4-8-18/h1-14,17,21H,15-16H2,(H,27,31)(H,28,32). The molecule has 3 aromatic carbocycles. The maximum absolute atomic E-state index is 13.2. The topological polar surface area (TPSA) is 76.0 Å². The SMILES string of the molecule is O=C(NC1CC1)c1ccc(NC(=O)c2cn(-c3ccccc3)nc2-c2ccccc2)cc1. The Morgan fingerprint density at radius 2 is 1.47 bits per heavy atom. The van der Waals surface area contributed by atoms with Crippen LogP contribution in [-0.4, -0.2) is 27.6 Å². The van der Waals surface area contributed by atoms with Crippen LogP contribution in [0.25, 0.3) is 16.9 Å². The number of carbonyl (C=O) groups is 2. The number of carbonyl (C=O) groups excluding carboxylic acids is 2. The van der Waals surface area contributed by atoms with Crippen LogP contribution in [0.4, 0.5) is 5.69 Å². The van der Waals surface area contributed by atoms with Crippen LogP contribution in [0.2, 0.25) is 0 Å². The van der Waals surface area contributed by atoms with Gasteiger partial charge in [-0.15, -0.1) is 0 Å². The number of nitrogens with zero attached hydrogens (tertiary/aromatic N) is 2. The van der Waals surface area contributed by atoms with Crippen molar-refractivity contribution in [3.05, 3.63) is 102 Å². The molecule has 2 N–H and O–H groups in total. The Hall–Kier alpha value is -4.19. The summed E-state index contributed by atoms with van der Waals surface area (Å²) in [6.07, 6.45) is 3.82. The summed E-state index contributed by atoms with van der Waals surface area (Å²) in [4.78, 5) is 25.4. The molecule has 1 aromatic heterocycles. The van der Waals surface area contributed by atoms with Gasteiger partial charge in [-0.05, 0) is 49.2 Å². The van der Waals surface area contributed by atoms with Gasteiger partial charge in [-0.25, -0.2) is 4.68 Å². The summed E-state index contributed by atoms with van der Waals surface area (Å²) >= 11 is 0. The number of nitrogens with one attached hydrogen (secondary N) is 2. The summed E-state index contributed by atoms with van der Waals surface area (Å²) in [7, 11) is 0. The van der Waals surface area contributed by atoms with E-state index in [1.54, 1.807) is 35.1 Å². The summed E-state index contributed by atoms with van der Waals surface area (Å²) in [5.41, 5.74) is 4.00. The van der Waals surface area contributed by atoms with Crippen LogP contribution in [-0.2, 0) is 0 Å². The lowest BCUT2D eigenvalue weighted by Crippen LogP contribution is -2.25. The average Bonchev–Trinajstić information content (AvgIpc) is 3.54. The van der Waals surface area contributed by atoms with Crippen LogP contribution >= 0.6 is 0 Å². The second-order valence-electron chi connectivity index (χ2n) is 7.82. The molecule has 0 aliphatic heterocycles. The molecule has 1 saturated carbocycles. The lowest BCUT2D eigenvalue weighted by Gasteiger charge is -2.07. The van der Waals surface area contributed by atoms with Crippen LogP contribution in [0.3, 0.4) is 0 Å². The quantitative estimate of drug-likeness (QED) is 0.474. The molecule has 6 nitrogen and oxygen atoms in total. The van der Waals surface area contributed by atoms with Crippen molar-refractivity contribution in [1.82, 2.24) is 15.1 Å². The molecule has 0 radical (unpaired) electrons. The fourth-order valence-corrected chi connectivity index (χ4v) is 3.46. The molecule has 0 atom stereocenters. The Bertz CT molecular complexity index is 1240. The van der Waals surface area contributed by atoms with Crippen molar-refractivity contribution in [2.45, 2.75) is 18.9 Å². The molecule has 0 spiro atoms. The van der Waals surface area contributed by atoms with E-state index >= 15 is 0 Å². The molecule has 0 bridgehead atoms. The number of aromatic nitrogens is 2. The van der Waals surface area contributed by atoms with Gasteiger partial charge in [-0.2, -0.15) is 5.10 Å². The lowest BCUT2D eigenvalue weighted by atomic mass is 10.1. The van der Waals surface area contributed by atoms with E-state index in [9.17, 15) is 9.59 Å². The molecule has 6 heteroatoms. The van der Waals surface area contributed by atoms with Gasteiger partial charge >= 0.3 is 0 Å². The zero-order chi connectivity index (χ0) is 21.9. The van der Waals surface area contributed by atoms with E-state index < -0.39 is 0 Å². The van der Waals surface area contributed by atoms with Crippen molar-refractivity contribution < 1.29 is 9.59 Å². The van der Waals surface area contributed by atoms with Crippen molar-refractivity contribution >= 4 is 17.5 Å². The number of anilines is 1. The first kappa shape index (κ1) is 19.8.